The van der Waals surface area contributed by atoms with Gasteiger partial charge < -0.3 is 9.47 Å². The predicted octanol–water partition coefficient (Wildman–Crippen LogP) is 4.37. The summed E-state index contributed by atoms with van der Waals surface area (Å²) in [6, 6.07) is 6.29. The number of nitrogens with zero attached hydrogens (tertiary/aromatic N) is 4. The van der Waals surface area contributed by atoms with Crippen LogP contribution in [0.25, 0.3) is 17.0 Å². The summed E-state index contributed by atoms with van der Waals surface area (Å²) in [5.41, 5.74) is 1.28. The number of halogens is 2. The van der Waals surface area contributed by atoms with Gasteiger partial charge in [0.2, 0.25) is 5.88 Å². The predicted molar refractivity (Wildman–Crippen MR) is 102 cm³/mol. The highest BCUT2D eigenvalue weighted by atomic mass is 19.3. The summed E-state index contributed by atoms with van der Waals surface area (Å²) < 4.78 is 37.0. The molecule has 0 saturated heterocycles. The first-order valence-corrected chi connectivity index (χ1v) is 9.73. The second-order valence-corrected chi connectivity index (χ2v) is 7.54. The smallest absolute Gasteiger partial charge is 0.387 e. The molecule has 6 nitrogen and oxygen atoms in total. The molecule has 3 unspecified atom stereocenters. The van der Waals surface area contributed by atoms with E-state index in [1.807, 2.05) is 0 Å². The lowest BCUT2D eigenvalue weighted by Crippen LogP contribution is -2.12. The molecular formula is C21H20F2N4O2. The Kier molecular flexibility index (Phi) is 4.61. The molecule has 29 heavy (non-hydrogen) atoms. The van der Waals surface area contributed by atoms with Gasteiger partial charge in [-0.15, -0.1) is 10.2 Å². The van der Waals surface area contributed by atoms with Crippen molar-refractivity contribution >= 4 is 5.65 Å². The van der Waals surface area contributed by atoms with Crippen LogP contribution >= 0.6 is 0 Å². The van der Waals surface area contributed by atoms with Crippen LogP contribution in [0, 0.1) is 17.8 Å². The third-order valence-corrected chi connectivity index (χ3v) is 5.78. The Morgan fingerprint density at radius 1 is 1.07 bits per heavy atom. The summed E-state index contributed by atoms with van der Waals surface area (Å²) in [6.45, 7) is -2.26. The molecule has 2 aliphatic carbocycles. The van der Waals surface area contributed by atoms with Crippen molar-refractivity contribution < 1.29 is 18.3 Å². The number of aromatic nitrogens is 4. The van der Waals surface area contributed by atoms with Crippen molar-refractivity contribution in [3.63, 3.8) is 0 Å². The fraction of sp³-hybridized carbons (Fsp3) is 0.381. The summed E-state index contributed by atoms with van der Waals surface area (Å²) in [6.07, 6.45) is 11.5. The Hall–Kier alpha value is -3.03. The summed E-state index contributed by atoms with van der Waals surface area (Å²) in [4.78, 5) is 4.19. The first kappa shape index (κ1) is 18.0. The van der Waals surface area contributed by atoms with Gasteiger partial charge in [-0.05, 0) is 61.3 Å². The fourth-order valence-corrected chi connectivity index (χ4v) is 4.44. The van der Waals surface area contributed by atoms with E-state index in [-0.39, 0.29) is 5.75 Å². The number of alkyl halides is 2. The molecule has 1 saturated carbocycles. The maximum atomic E-state index is 12.4. The Balaban J connectivity index is 1.34. The average Bonchev–Trinajstić information content (AvgIpc) is 3.44. The molecule has 3 atom stereocenters. The van der Waals surface area contributed by atoms with Gasteiger partial charge in [0.05, 0.1) is 19.0 Å². The number of hydrogen-bond acceptors (Lipinski definition) is 5. The average molecular weight is 398 g/mol. The van der Waals surface area contributed by atoms with Crippen molar-refractivity contribution in [2.45, 2.75) is 25.9 Å². The molecule has 0 amide bonds. The van der Waals surface area contributed by atoms with Crippen LogP contribution in [0.4, 0.5) is 8.78 Å². The van der Waals surface area contributed by atoms with Gasteiger partial charge in [-0.2, -0.15) is 8.78 Å². The molecule has 0 aliphatic heterocycles. The monoisotopic (exact) mass is 398 g/mol. The molecule has 0 N–H and O–H groups in total. The van der Waals surface area contributed by atoms with Crippen molar-refractivity contribution in [2.24, 2.45) is 17.8 Å². The maximum absolute atomic E-state index is 12.4. The zero-order valence-corrected chi connectivity index (χ0v) is 15.6. The van der Waals surface area contributed by atoms with Crippen LogP contribution in [0.3, 0.4) is 0 Å². The van der Waals surface area contributed by atoms with E-state index in [2.05, 4.69) is 32.1 Å². The zero-order valence-electron chi connectivity index (χ0n) is 15.6. The van der Waals surface area contributed by atoms with E-state index >= 15 is 0 Å². The van der Waals surface area contributed by atoms with Gasteiger partial charge in [-0.1, -0.05) is 12.2 Å². The fourth-order valence-electron chi connectivity index (χ4n) is 4.44. The minimum Gasteiger partial charge on any atom is -0.477 e. The molecule has 5 rings (SSSR count). The highest BCUT2D eigenvalue weighted by Gasteiger charge is 2.35. The van der Waals surface area contributed by atoms with E-state index in [4.69, 9.17) is 4.74 Å². The molecule has 0 spiro atoms. The first-order chi connectivity index (χ1) is 14.2. The summed E-state index contributed by atoms with van der Waals surface area (Å²) >= 11 is 0. The lowest BCUT2D eigenvalue weighted by molar-refractivity contribution is -0.0498. The van der Waals surface area contributed by atoms with Crippen LogP contribution < -0.4 is 9.47 Å². The van der Waals surface area contributed by atoms with Crippen molar-refractivity contribution in [2.75, 3.05) is 6.61 Å². The van der Waals surface area contributed by atoms with Crippen molar-refractivity contribution in [3.05, 3.63) is 48.8 Å². The third-order valence-electron chi connectivity index (χ3n) is 5.78. The number of allylic oxidation sites excluding steroid dienone is 2. The molecule has 1 aromatic carbocycles. The number of fused-ring (bicyclic) bond motifs is 3. The highest BCUT2D eigenvalue weighted by Crippen LogP contribution is 2.44. The standard InChI is InChI=1S/C21H20F2N4O2/c22-21(23)29-17-5-3-14(4-6-17)20-26-25-18-11-24-12-19(27(18)20)28-8-7-16-10-13-1-2-15(16)9-13/h1-6,11-13,15-16,21H,7-10H2. The van der Waals surface area contributed by atoms with Crippen molar-refractivity contribution in [1.29, 1.82) is 0 Å². The molecule has 8 heteroatoms. The number of ether oxygens (including phenoxy) is 2. The normalized spacial score (nSPS) is 22.7. The maximum Gasteiger partial charge on any atom is 0.387 e. The molecule has 2 heterocycles. The van der Waals surface area contributed by atoms with Gasteiger partial charge in [0, 0.05) is 5.56 Å². The molecule has 2 bridgehead atoms. The first-order valence-electron chi connectivity index (χ1n) is 9.73. The molecule has 1 fully saturated rings. The zero-order chi connectivity index (χ0) is 19.8. The van der Waals surface area contributed by atoms with Crippen LogP contribution in [-0.4, -0.2) is 32.8 Å². The van der Waals surface area contributed by atoms with E-state index in [0.717, 1.165) is 12.3 Å². The van der Waals surface area contributed by atoms with Crippen LogP contribution in [0.15, 0.2) is 48.8 Å². The Morgan fingerprint density at radius 3 is 2.66 bits per heavy atom. The van der Waals surface area contributed by atoms with Gasteiger partial charge in [-0.3, -0.25) is 4.98 Å². The molecule has 2 aromatic heterocycles. The quantitative estimate of drug-likeness (QED) is 0.553. The van der Waals surface area contributed by atoms with E-state index in [9.17, 15) is 8.78 Å². The lowest BCUT2D eigenvalue weighted by Gasteiger charge is -2.18. The summed E-state index contributed by atoms with van der Waals surface area (Å²) in [5.74, 6) is 3.34. The minimum absolute atomic E-state index is 0.0932. The third kappa shape index (κ3) is 3.54. The Bertz CT molecular complexity index is 1030. The van der Waals surface area contributed by atoms with Crippen LogP contribution in [0.2, 0.25) is 0 Å². The topological polar surface area (TPSA) is 61.5 Å². The SMILES string of the molecule is FC(F)Oc1ccc(-c2nnc3cncc(OCCC4CC5C=CC4C5)n23)cc1. The second-order valence-electron chi connectivity index (χ2n) is 7.54. The van der Waals surface area contributed by atoms with Crippen LogP contribution in [0.1, 0.15) is 19.3 Å². The van der Waals surface area contributed by atoms with Gasteiger partial charge in [0.15, 0.2) is 11.5 Å². The van der Waals surface area contributed by atoms with E-state index in [0.29, 0.717) is 41.4 Å². The second kappa shape index (κ2) is 7.42. The number of hydrogen-bond donors (Lipinski definition) is 0. The lowest BCUT2D eigenvalue weighted by atomic mass is 9.91. The Morgan fingerprint density at radius 2 is 1.93 bits per heavy atom. The van der Waals surface area contributed by atoms with Crippen LogP contribution in [0.5, 0.6) is 11.6 Å². The molecular weight excluding hydrogens is 378 g/mol. The number of rotatable bonds is 7. The summed E-state index contributed by atoms with van der Waals surface area (Å²) in [5, 5.41) is 8.38. The minimum atomic E-state index is -2.86. The van der Waals surface area contributed by atoms with Crippen LogP contribution in [-0.2, 0) is 0 Å². The molecule has 2 aliphatic rings. The van der Waals surface area contributed by atoms with Gasteiger partial charge in [-0.25, -0.2) is 4.40 Å². The van der Waals surface area contributed by atoms with Crippen molar-refractivity contribution in [3.8, 4) is 23.0 Å². The largest absolute Gasteiger partial charge is 0.477 e. The van der Waals surface area contributed by atoms with Gasteiger partial charge in [0.1, 0.15) is 5.75 Å². The van der Waals surface area contributed by atoms with E-state index in [1.165, 1.54) is 25.0 Å². The van der Waals surface area contributed by atoms with E-state index < -0.39 is 6.61 Å². The Labute approximate surface area is 166 Å². The number of benzene rings is 1. The molecule has 150 valence electrons. The van der Waals surface area contributed by atoms with Crippen molar-refractivity contribution in [1.82, 2.24) is 19.6 Å². The molecule has 3 aromatic rings. The highest BCUT2D eigenvalue weighted by molar-refractivity contribution is 5.61. The van der Waals surface area contributed by atoms with Gasteiger partial charge in [0.25, 0.3) is 0 Å². The van der Waals surface area contributed by atoms with Gasteiger partial charge >= 0.3 is 6.61 Å². The summed E-state index contributed by atoms with van der Waals surface area (Å²) in [7, 11) is 0. The van der Waals surface area contributed by atoms with E-state index in [1.54, 1.807) is 28.9 Å². The molecule has 0 radical (unpaired) electrons.